The first-order valence-electron chi connectivity index (χ1n) is 8.82. The Morgan fingerprint density at radius 1 is 1.32 bits per heavy atom. The Bertz CT molecular complexity index is 706. The molecule has 25 heavy (non-hydrogen) atoms. The van der Waals surface area contributed by atoms with Crippen molar-refractivity contribution in [2.75, 3.05) is 25.0 Å². The number of anilines is 1. The highest BCUT2D eigenvalue weighted by molar-refractivity contribution is 5.41. The van der Waals surface area contributed by atoms with Crippen LogP contribution < -0.4 is 4.90 Å². The first kappa shape index (κ1) is 17.7. The van der Waals surface area contributed by atoms with Crippen molar-refractivity contribution < 1.29 is 8.91 Å². The molecule has 7 nitrogen and oxygen atoms in total. The average molecular weight is 348 g/mol. The smallest absolute Gasteiger partial charge is 0.223 e. The van der Waals surface area contributed by atoms with E-state index in [9.17, 15) is 4.39 Å². The Balaban J connectivity index is 1.64. The Morgan fingerprint density at radius 2 is 2.16 bits per heavy atom. The maximum Gasteiger partial charge on any atom is 0.223 e. The summed E-state index contributed by atoms with van der Waals surface area (Å²) in [6, 6.07) is 0.402. The number of nitrogens with zero attached hydrogens (tertiary/aromatic N) is 6. The van der Waals surface area contributed by atoms with Gasteiger partial charge in [0.1, 0.15) is 6.33 Å². The van der Waals surface area contributed by atoms with E-state index in [0.717, 1.165) is 32.4 Å². The molecule has 0 bridgehead atoms. The summed E-state index contributed by atoms with van der Waals surface area (Å²) < 4.78 is 19.6. The van der Waals surface area contributed by atoms with Gasteiger partial charge in [0.2, 0.25) is 5.89 Å². The molecule has 0 amide bonds. The van der Waals surface area contributed by atoms with Gasteiger partial charge in [0.05, 0.1) is 12.2 Å². The average Bonchev–Trinajstić information content (AvgIpc) is 2.86. The molecule has 1 saturated heterocycles. The number of aryl methyl sites for hydroxylation is 2. The van der Waals surface area contributed by atoms with Crippen molar-refractivity contribution in [3.05, 3.63) is 29.6 Å². The Labute approximate surface area is 147 Å². The van der Waals surface area contributed by atoms with Gasteiger partial charge in [-0.2, -0.15) is 4.98 Å². The van der Waals surface area contributed by atoms with Gasteiger partial charge in [-0.3, -0.25) is 4.90 Å². The van der Waals surface area contributed by atoms with Crippen LogP contribution in [-0.4, -0.2) is 51.2 Å². The predicted octanol–water partition coefficient (Wildman–Crippen LogP) is 2.36. The van der Waals surface area contributed by atoms with Crippen molar-refractivity contribution in [2.45, 2.75) is 52.1 Å². The van der Waals surface area contributed by atoms with E-state index < -0.39 is 0 Å². The van der Waals surface area contributed by atoms with Crippen LogP contribution in [0, 0.1) is 12.7 Å². The Hall–Kier alpha value is -2.09. The van der Waals surface area contributed by atoms with Crippen LogP contribution in [0.25, 0.3) is 0 Å². The highest BCUT2D eigenvalue weighted by Gasteiger charge is 2.24. The molecule has 0 unspecified atom stereocenters. The highest BCUT2D eigenvalue weighted by atomic mass is 19.1. The lowest BCUT2D eigenvalue weighted by atomic mass is 10.1. The maximum atomic E-state index is 14.5. The van der Waals surface area contributed by atoms with E-state index in [-0.39, 0.29) is 5.82 Å². The molecule has 1 aliphatic rings. The van der Waals surface area contributed by atoms with E-state index in [0.29, 0.717) is 42.2 Å². The number of hydrogen-bond donors (Lipinski definition) is 0. The van der Waals surface area contributed by atoms with Crippen molar-refractivity contribution in [2.24, 2.45) is 0 Å². The van der Waals surface area contributed by atoms with Gasteiger partial charge in [0.25, 0.3) is 0 Å². The van der Waals surface area contributed by atoms with E-state index in [1.54, 1.807) is 6.92 Å². The predicted molar refractivity (Wildman–Crippen MR) is 91.7 cm³/mol. The summed E-state index contributed by atoms with van der Waals surface area (Å²) in [5, 5.41) is 3.96. The molecule has 0 aliphatic carbocycles. The second-order valence-electron chi connectivity index (χ2n) is 6.53. The van der Waals surface area contributed by atoms with Gasteiger partial charge in [0.15, 0.2) is 17.5 Å². The van der Waals surface area contributed by atoms with Gasteiger partial charge in [-0.1, -0.05) is 12.1 Å². The maximum absolute atomic E-state index is 14.5. The van der Waals surface area contributed by atoms with Crippen molar-refractivity contribution in [1.29, 1.82) is 0 Å². The first-order chi connectivity index (χ1) is 12.1. The lowest BCUT2D eigenvalue weighted by molar-refractivity contribution is 0.209. The molecule has 1 aliphatic heterocycles. The SMILES string of the molecule is CCc1ncnc(N2CCC[C@H](N(C)Cc3noc(C)n3)CC2)c1F. The third kappa shape index (κ3) is 4.12. The first-order valence-corrected chi connectivity index (χ1v) is 8.82. The molecule has 0 aromatic carbocycles. The van der Waals surface area contributed by atoms with Crippen LogP contribution in [0.3, 0.4) is 0 Å². The molecule has 2 aromatic rings. The number of rotatable bonds is 5. The third-order valence-electron chi connectivity index (χ3n) is 4.76. The van der Waals surface area contributed by atoms with Crippen LogP contribution in [0.1, 0.15) is 43.6 Å². The highest BCUT2D eigenvalue weighted by Crippen LogP contribution is 2.24. The summed E-state index contributed by atoms with van der Waals surface area (Å²) in [4.78, 5) is 16.8. The molecule has 1 atom stereocenters. The van der Waals surface area contributed by atoms with Crippen molar-refractivity contribution in [1.82, 2.24) is 25.0 Å². The third-order valence-corrected chi connectivity index (χ3v) is 4.76. The minimum Gasteiger partial charge on any atom is -0.354 e. The summed E-state index contributed by atoms with van der Waals surface area (Å²) in [6.45, 7) is 5.94. The summed E-state index contributed by atoms with van der Waals surface area (Å²) in [5.41, 5.74) is 0.482. The molecular weight excluding hydrogens is 323 g/mol. The molecule has 3 rings (SSSR count). The second kappa shape index (κ2) is 7.86. The van der Waals surface area contributed by atoms with Crippen molar-refractivity contribution >= 4 is 5.82 Å². The van der Waals surface area contributed by atoms with Crippen molar-refractivity contribution in [3.8, 4) is 0 Å². The minimum absolute atomic E-state index is 0.279. The van der Waals surface area contributed by atoms with Crippen LogP contribution in [0.2, 0.25) is 0 Å². The molecule has 2 aromatic heterocycles. The zero-order chi connectivity index (χ0) is 17.8. The van der Waals surface area contributed by atoms with Crippen molar-refractivity contribution in [3.63, 3.8) is 0 Å². The van der Waals surface area contributed by atoms with Crippen LogP contribution in [0.5, 0.6) is 0 Å². The van der Waals surface area contributed by atoms with Crippen LogP contribution in [-0.2, 0) is 13.0 Å². The van der Waals surface area contributed by atoms with Gasteiger partial charge in [-0.05, 0) is 32.7 Å². The quantitative estimate of drug-likeness (QED) is 0.821. The number of hydrogen-bond acceptors (Lipinski definition) is 7. The van der Waals surface area contributed by atoms with E-state index >= 15 is 0 Å². The lowest BCUT2D eigenvalue weighted by Gasteiger charge is -2.26. The standard InChI is InChI=1S/C17H25FN6O/c1-4-14-16(18)17(20-11-19-14)24-8-5-6-13(7-9-24)23(3)10-15-21-12(2)25-22-15/h11,13H,4-10H2,1-3H3/t13-/m0/s1. The van der Waals surface area contributed by atoms with Crippen LogP contribution in [0.15, 0.2) is 10.9 Å². The molecule has 8 heteroatoms. The van der Waals surface area contributed by atoms with Crippen LogP contribution >= 0.6 is 0 Å². The van der Waals surface area contributed by atoms with Gasteiger partial charge in [-0.25, -0.2) is 14.4 Å². The van der Waals surface area contributed by atoms with Gasteiger partial charge >= 0.3 is 0 Å². The molecular formula is C17H25FN6O. The summed E-state index contributed by atoms with van der Waals surface area (Å²) in [6.07, 6.45) is 5.02. The summed E-state index contributed by atoms with van der Waals surface area (Å²) in [7, 11) is 2.08. The van der Waals surface area contributed by atoms with E-state index in [1.807, 2.05) is 11.8 Å². The number of aromatic nitrogens is 4. The fourth-order valence-electron chi connectivity index (χ4n) is 3.35. The number of halogens is 1. The molecule has 1 fully saturated rings. The molecule has 0 N–H and O–H groups in total. The summed E-state index contributed by atoms with van der Waals surface area (Å²) in [5.74, 6) is 1.44. The molecule has 0 spiro atoms. The lowest BCUT2D eigenvalue weighted by Crippen LogP contribution is -2.33. The monoisotopic (exact) mass is 348 g/mol. The molecule has 136 valence electrons. The fraction of sp³-hybridized carbons (Fsp3) is 0.647. The van der Waals surface area contributed by atoms with Crippen LogP contribution in [0.4, 0.5) is 10.2 Å². The van der Waals surface area contributed by atoms with Gasteiger partial charge in [0, 0.05) is 26.1 Å². The topological polar surface area (TPSA) is 71.2 Å². The van der Waals surface area contributed by atoms with E-state index in [2.05, 4.69) is 32.1 Å². The van der Waals surface area contributed by atoms with E-state index in [4.69, 9.17) is 4.52 Å². The van der Waals surface area contributed by atoms with Gasteiger partial charge < -0.3 is 9.42 Å². The molecule has 0 radical (unpaired) electrons. The zero-order valence-corrected chi connectivity index (χ0v) is 15.1. The second-order valence-corrected chi connectivity index (χ2v) is 6.53. The fourth-order valence-corrected chi connectivity index (χ4v) is 3.35. The zero-order valence-electron chi connectivity index (χ0n) is 15.1. The summed E-state index contributed by atoms with van der Waals surface area (Å²) >= 11 is 0. The van der Waals surface area contributed by atoms with Gasteiger partial charge in [-0.15, -0.1) is 0 Å². The molecule has 3 heterocycles. The Kier molecular flexibility index (Phi) is 5.57. The Morgan fingerprint density at radius 3 is 2.88 bits per heavy atom. The molecule has 0 saturated carbocycles. The largest absolute Gasteiger partial charge is 0.354 e. The normalized spacial score (nSPS) is 18.6. The minimum atomic E-state index is -0.279. The van der Waals surface area contributed by atoms with E-state index in [1.165, 1.54) is 6.33 Å².